The summed E-state index contributed by atoms with van der Waals surface area (Å²) in [5.74, 6) is -0.179. The number of carbonyl (C=O) groups excluding carboxylic acids is 1. The molecule has 1 aromatic heterocycles. The maximum absolute atomic E-state index is 12.1. The Labute approximate surface area is 133 Å². The summed E-state index contributed by atoms with van der Waals surface area (Å²) in [4.78, 5) is 26.1. The summed E-state index contributed by atoms with van der Waals surface area (Å²) >= 11 is 4.49. The van der Waals surface area contributed by atoms with Crippen LogP contribution in [0, 0.1) is 6.92 Å². The van der Waals surface area contributed by atoms with Crippen molar-refractivity contribution >= 4 is 39.3 Å². The Morgan fingerprint density at radius 2 is 2.19 bits per heavy atom. The number of thioether (sulfide) groups is 1. The lowest BCUT2D eigenvalue weighted by Crippen LogP contribution is -2.23. The second-order valence-corrected chi connectivity index (χ2v) is 6.55. The lowest BCUT2D eigenvalue weighted by Gasteiger charge is -2.11. The zero-order valence-electron chi connectivity index (χ0n) is 11.4. The monoisotopic (exact) mass is 368 g/mol. The van der Waals surface area contributed by atoms with Gasteiger partial charge in [0.25, 0.3) is 5.56 Å². The lowest BCUT2D eigenvalue weighted by molar-refractivity contribution is -0.115. The molecule has 21 heavy (non-hydrogen) atoms. The van der Waals surface area contributed by atoms with E-state index in [2.05, 4.69) is 36.4 Å². The average Bonchev–Trinajstić information content (AvgIpc) is 2.43. The first kappa shape index (κ1) is 15.7. The average molecular weight is 369 g/mol. The van der Waals surface area contributed by atoms with Crippen molar-refractivity contribution in [2.75, 3.05) is 5.32 Å². The van der Waals surface area contributed by atoms with E-state index in [1.807, 2.05) is 18.2 Å². The van der Waals surface area contributed by atoms with Gasteiger partial charge in [0.05, 0.1) is 5.25 Å². The van der Waals surface area contributed by atoms with E-state index in [1.54, 1.807) is 19.9 Å². The predicted molar refractivity (Wildman–Crippen MR) is 85.5 cm³/mol. The molecule has 8 heteroatoms. The molecule has 1 unspecified atom stereocenters. The van der Waals surface area contributed by atoms with Gasteiger partial charge in [-0.3, -0.25) is 14.6 Å². The first-order valence-electron chi connectivity index (χ1n) is 6.12. The van der Waals surface area contributed by atoms with Crippen LogP contribution in [0.4, 0.5) is 5.69 Å². The number of rotatable bonds is 4. The number of benzene rings is 1. The molecule has 0 aliphatic rings. The Morgan fingerprint density at radius 1 is 1.43 bits per heavy atom. The van der Waals surface area contributed by atoms with Gasteiger partial charge in [-0.2, -0.15) is 0 Å². The Kier molecular flexibility index (Phi) is 5.13. The van der Waals surface area contributed by atoms with E-state index in [1.165, 1.54) is 0 Å². The van der Waals surface area contributed by atoms with Crippen LogP contribution < -0.4 is 10.9 Å². The third-order valence-electron chi connectivity index (χ3n) is 2.59. The Hall–Kier alpha value is -1.67. The Bertz CT molecular complexity index is 719. The molecule has 2 aromatic rings. The van der Waals surface area contributed by atoms with Gasteiger partial charge in [-0.05, 0) is 32.0 Å². The van der Waals surface area contributed by atoms with Crippen LogP contribution in [0.1, 0.15) is 12.6 Å². The predicted octanol–water partition coefficient (Wildman–Crippen LogP) is 2.36. The van der Waals surface area contributed by atoms with Crippen molar-refractivity contribution in [3.05, 3.63) is 44.8 Å². The molecule has 2 N–H and O–H groups in total. The van der Waals surface area contributed by atoms with Gasteiger partial charge in [0.15, 0.2) is 5.16 Å². The summed E-state index contributed by atoms with van der Waals surface area (Å²) in [6.45, 7) is 3.31. The van der Waals surface area contributed by atoms with E-state index in [0.717, 1.165) is 16.2 Å². The number of hydrogen-bond acceptors (Lipinski definition) is 5. The highest BCUT2D eigenvalue weighted by Gasteiger charge is 2.16. The van der Waals surface area contributed by atoms with Gasteiger partial charge >= 0.3 is 0 Å². The van der Waals surface area contributed by atoms with Crippen LogP contribution in [0.15, 0.2) is 38.7 Å². The van der Waals surface area contributed by atoms with Gasteiger partial charge in [0.1, 0.15) is 5.69 Å². The van der Waals surface area contributed by atoms with E-state index in [9.17, 15) is 9.59 Å². The summed E-state index contributed by atoms with van der Waals surface area (Å²) in [6, 6.07) is 7.32. The fourth-order valence-electron chi connectivity index (χ4n) is 1.46. The number of nitrogens with zero attached hydrogens (tertiary/aromatic N) is 2. The van der Waals surface area contributed by atoms with E-state index < -0.39 is 5.25 Å². The zero-order chi connectivity index (χ0) is 15.4. The number of nitrogens with one attached hydrogen (secondary N) is 2. The van der Waals surface area contributed by atoms with E-state index in [-0.39, 0.29) is 11.5 Å². The molecule has 1 amide bonds. The minimum Gasteiger partial charge on any atom is -0.325 e. The zero-order valence-corrected chi connectivity index (χ0v) is 13.8. The molecule has 0 spiro atoms. The summed E-state index contributed by atoms with van der Waals surface area (Å²) in [7, 11) is 0. The van der Waals surface area contributed by atoms with Gasteiger partial charge in [-0.15, -0.1) is 10.2 Å². The first-order chi connectivity index (χ1) is 9.95. The van der Waals surface area contributed by atoms with Crippen LogP contribution in [0.25, 0.3) is 0 Å². The molecule has 110 valence electrons. The molecule has 0 saturated heterocycles. The van der Waals surface area contributed by atoms with Crippen LogP contribution in [0.2, 0.25) is 0 Å². The van der Waals surface area contributed by atoms with E-state index in [4.69, 9.17) is 0 Å². The van der Waals surface area contributed by atoms with E-state index >= 15 is 0 Å². The SMILES string of the molecule is Cc1nnc(SC(C)C(=O)Nc2cccc(Br)c2)[nH]c1=O. The fraction of sp³-hybridized carbons (Fsp3) is 0.231. The molecule has 2 rings (SSSR count). The Morgan fingerprint density at radius 3 is 2.86 bits per heavy atom. The number of H-pyrrole nitrogens is 1. The number of halogens is 1. The highest BCUT2D eigenvalue weighted by molar-refractivity contribution is 9.10. The van der Waals surface area contributed by atoms with Crippen LogP contribution in [-0.4, -0.2) is 26.3 Å². The summed E-state index contributed by atoms with van der Waals surface area (Å²) in [5.41, 5.74) is 0.697. The molecule has 0 radical (unpaired) electrons. The number of amides is 1. The number of aromatic nitrogens is 3. The molecule has 1 atom stereocenters. The molecule has 0 saturated carbocycles. The molecule has 1 aromatic carbocycles. The number of anilines is 1. The molecule has 0 bridgehead atoms. The van der Waals surface area contributed by atoms with E-state index in [0.29, 0.717) is 16.5 Å². The molecule has 6 nitrogen and oxygen atoms in total. The summed E-state index contributed by atoms with van der Waals surface area (Å²) < 4.78 is 0.884. The largest absolute Gasteiger partial charge is 0.325 e. The normalized spacial score (nSPS) is 12.0. The second kappa shape index (κ2) is 6.86. The maximum atomic E-state index is 12.1. The van der Waals surface area contributed by atoms with Crippen LogP contribution in [0.5, 0.6) is 0 Å². The van der Waals surface area contributed by atoms with Crippen molar-refractivity contribution in [1.82, 2.24) is 15.2 Å². The van der Waals surface area contributed by atoms with Crippen molar-refractivity contribution in [2.24, 2.45) is 0 Å². The van der Waals surface area contributed by atoms with Gasteiger partial charge in [0, 0.05) is 10.2 Å². The number of carbonyl (C=O) groups is 1. The minimum atomic E-state index is -0.420. The third-order valence-corrected chi connectivity index (χ3v) is 4.06. The van der Waals surface area contributed by atoms with Crippen molar-refractivity contribution < 1.29 is 4.79 Å². The molecular formula is C13H13BrN4O2S. The molecule has 0 aliphatic carbocycles. The topological polar surface area (TPSA) is 87.7 Å². The van der Waals surface area contributed by atoms with Crippen molar-refractivity contribution in [3.8, 4) is 0 Å². The van der Waals surface area contributed by atoms with Crippen LogP contribution >= 0.6 is 27.7 Å². The van der Waals surface area contributed by atoms with Crippen molar-refractivity contribution in [1.29, 1.82) is 0 Å². The van der Waals surface area contributed by atoms with Crippen molar-refractivity contribution in [2.45, 2.75) is 24.3 Å². The quantitative estimate of drug-likeness (QED) is 0.808. The van der Waals surface area contributed by atoms with Gasteiger partial charge in [0.2, 0.25) is 5.91 Å². The first-order valence-corrected chi connectivity index (χ1v) is 7.79. The molecular weight excluding hydrogens is 356 g/mol. The number of aromatic amines is 1. The number of aryl methyl sites for hydroxylation is 1. The van der Waals surface area contributed by atoms with Gasteiger partial charge in [-0.25, -0.2) is 0 Å². The van der Waals surface area contributed by atoms with Gasteiger partial charge < -0.3 is 5.32 Å². The highest BCUT2D eigenvalue weighted by atomic mass is 79.9. The standard InChI is InChI=1S/C13H13BrN4O2S/c1-7-11(19)16-13(18-17-7)21-8(2)12(20)15-10-5-3-4-9(14)6-10/h3-6,8H,1-2H3,(H,15,20)(H,16,18,19). The van der Waals surface area contributed by atoms with Crippen LogP contribution in [0.3, 0.4) is 0 Å². The summed E-state index contributed by atoms with van der Waals surface area (Å²) in [6.07, 6.45) is 0. The maximum Gasteiger partial charge on any atom is 0.273 e. The number of hydrogen-bond donors (Lipinski definition) is 2. The minimum absolute atomic E-state index is 0.179. The second-order valence-electron chi connectivity index (χ2n) is 4.30. The molecule has 1 heterocycles. The Balaban J connectivity index is 2.02. The third kappa shape index (κ3) is 4.40. The van der Waals surface area contributed by atoms with Crippen molar-refractivity contribution in [3.63, 3.8) is 0 Å². The summed E-state index contributed by atoms with van der Waals surface area (Å²) in [5, 5.41) is 10.3. The highest BCUT2D eigenvalue weighted by Crippen LogP contribution is 2.20. The fourth-order valence-corrected chi connectivity index (χ4v) is 2.60. The van der Waals surface area contributed by atoms with Gasteiger partial charge in [-0.1, -0.05) is 33.8 Å². The smallest absolute Gasteiger partial charge is 0.273 e. The molecule has 0 fully saturated rings. The molecule has 0 aliphatic heterocycles. The lowest BCUT2D eigenvalue weighted by atomic mass is 10.3. The van der Waals surface area contributed by atoms with Crippen LogP contribution in [-0.2, 0) is 4.79 Å².